The Morgan fingerprint density at radius 3 is 1.93 bits per heavy atom. The summed E-state index contributed by atoms with van der Waals surface area (Å²) in [5, 5.41) is 0. The second-order valence-corrected chi connectivity index (χ2v) is 7.46. The van der Waals surface area contributed by atoms with E-state index in [0.29, 0.717) is 41.1 Å². The zero-order valence-corrected chi connectivity index (χ0v) is 9.04. The average Bonchev–Trinajstić information content (AvgIpc) is 2.62. The number of hydrogen-bond acceptors (Lipinski definition) is 3. The fourth-order valence-corrected chi connectivity index (χ4v) is 6.33. The first-order valence-electron chi connectivity index (χ1n) is 5.51. The van der Waals surface area contributed by atoms with E-state index in [0.717, 1.165) is 6.54 Å². The summed E-state index contributed by atoms with van der Waals surface area (Å²) in [5.41, 5.74) is 5.67. The van der Waals surface area contributed by atoms with Crippen molar-refractivity contribution in [2.45, 2.75) is 12.8 Å². The average molecular weight is 215 g/mol. The van der Waals surface area contributed by atoms with E-state index >= 15 is 0 Å². The summed E-state index contributed by atoms with van der Waals surface area (Å²) in [6.07, 6.45) is 2.38. The van der Waals surface area contributed by atoms with Crippen molar-refractivity contribution < 1.29 is 8.42 Å². The van der Waals surface area contributed by atoms with Gasteiger partial charge in [-0.25, -0.2) is 8.42 Å². The minimum Gasteiger partial charge on any atom is -0.330 e. The second-order valence-electron chi connectivity index (χ2n) is 5.31. The third-order valence-electron chi connectivity index (χ3n) is 4.64. The van der Waals surface area contributed by atoms with Crippen LogP contribution < -0.4 is 5.73 Å². The van der Waals surface area contributed by atoms with E-state index in [9.17, 15) is 8.42 Å². The molecule has 1 saturated heterocycles. The van der Waals surface area contributed by atoms with Crippen LogP contribution in [0.25, 0.3) is 0 Å². The summed E-state index contributed by atoms with van der Waals surface area (Å²) in [6, 6.07) is 0. The molecule has 3 nitrogen and oxygen atoms in total. The first-order chi connectivity index (χ1) is 6.61. The van der Waals surface area contributed by atoms with Crippen molar-refractivity contribution in [1.82, 2.24) is 0 Å². The lowest BCUT2D eigenvalue weighted by Crippen LogP contribution is -2.42. The first-order valence-corrected chi connectivity index (χ1v) is 7.33. The lowest BCUT2D eigenvalue weighted by molar-refractivity contribution is 0.0462. The van der Waals surface area contributed by atoms with Crippen molar-refractivity contribution in [3.05, 3.63) is 0 Å². The first kappa shape index (κ1) is 9.16. The van der Waals surface area contributed by atoms with Crippen LogP contribution in [-0.2, 0) is 9.84 Å². The van der Waals surface area contributed by atoms with Gasteiger partial charge in [0.15, 0.2) is 9.84 Å². The molecule has 0 aromatic heterocycles. The minimum absolute atomic E-state index is 0.468. The summed E-state index contributed by atoms with van der Waals surface area (Å²) in [6.45, 7) is 0.791. The molecule has 2 N–H and O–H groups in total. The van der Waals surface area contributed by atoms with E-state index < -0.39 is 9.84 Å². The molecular formula is C10H17NO2S. The minimum atomic E-state index is -2.68. The number of sulfone groups is 1. The molecule has 3 fully saturated rings. The van der Waals surface area contributed by atoms with E-state index in [-0.39, 0.29) is 0 Å². The predicted molar refractivity (Wildman–Crippen MR) is 54.4 cm³/mol. The highest BCUT2D eigenvalue weighted by atomic mass is 32.2. The van der Waals surface area contributed by atoms with Gasteiger partial charge in [0.05, 0.1) is 11.5 Å². The van der Waals surface area contributed by atoms with Gasteiger partial charge in [-0.2, -0.15) is 0 Å². The molecule has 3 aliphatic rings. The third kappa shape index (κ3) is 1.10. The van der Waals surface area contributed by atoms with Crippen LogP contribution in [0.5, 0.6) is 0 Å². The molecule has 4 atom stereocenters. The fourth-order valence-electron chi connectivity index (χ4n) is 4.03. The lowest BCUT2D eigenvalue weighted by atomic mass is 9.60. The Kier molecular flexibility index (Phi) is 1.78. The summed E-state index contributed by atoms with van der Waals surface area (Å²) < 4.78 is 22.9. The number of nitrogens with two attached hydrogens (primary N) is 1. The molecule has 0 bridgehead atoms. The normalized spacial score (nSPS) is 49.8. The van der Waals surface area contributed by atoms with Crippen LogP contribution in [0.15, 0.2) is 0 Å². The van der Waals surface area contributed by atoms with Crippen LogP contribution >= 0.6 is 0 Å². The van der Waals surface area contributed by atoms with E-state index in [2.05, 4.69) is 0 Å². The molecule has 2 saturated carbocycles. The summed E-state index contributed by atoms with van der Waals surface area (Å²) >= 11 is 0. The Hall–Kier alpha value is -0.0900. The maximum absolute atomic E-state index is 11.4. The molecule has 4 heteroatoms. The molecule has 80 valence electrons. The standard InChI is InChI=1S/C10H17NO2S/c11-3-6-1-7-8(2-6)10-5-14(12,13)4-9(7)10/h6-10H,1-5,11H2/t7-,8-,9+,10+/m1/s1. The molecule has 0 spiro atoms. The lowest BCUT2D eigenvalue weighted by Gasteiger charge is -2.44. The highest BCUT2D eigenvalue weighted by Crippen LogP contribution is 2.60. The largest absolute Gasteiger partial charge is 0.330 e. The maximum Gasteiger partial charge on any atom is 0.150 e. The summed E-state index contributed by atoms with van der Waals surface area (Å²) in [5.74, 6) is 4.02. The molecule has 14 heavy (non-hydrogen) atoms. The maximum atomic E-state index is 11.4. The van der Waals surface area contributed by atoms with E-state index in [1.165, 1.54) is 12.8 Å². The highest BCUT2D eigenvalue weighted by Gasteiger charge is 2.59. The van der Waals surface area contributed by atoms with Crippen LogP contribution in [0.4, 0.5) is 0 Å². The van der Waals surface area contributed by atoms with Crippen molar-refractivity contribution in [2.75, 3.05) is 18.1 Å². The predicted octanol–water partition coefficient (Wildman–Crippen LogP) is 0.262. The number of rotatable bonds is 1. The molecule has 1 aliphatic heterocycles. The summed E-state index contributed by atoms with van der Waals surface area (Å²) in [4.78, 5) is 0. The van der Waals surface area contributed by atoms with Crippen LogP contribution in [0.2, 0.25) is 0 Å². The Bertz CT molecular complexity index is 325. The smallest absolute Gasteiger partial charge is 0.150 e. The Morgan fingerprint density at radius 2 is 1.50 bits per heavy atom. The van der Waals surface area contributed by atoms with Crippen molar-refractivity contribution in [2.24, 2.45) is 35.3 Å². The second kappa shape index (κ2) is 2.73. The van der Waals surface area contributed by atoms with E-state index in [1.807, 2.05) is 0 Å². The van der Waals surface area contributed by atoms with Crippen molar-refractivity contribution in [1.29, 1.82) is 0 Å². The van der Waals surface area contributed by atoms with E-state index in [1.54, 1.807) is 0 Å². The van der Waals surface area contributed by atoms with Gasteiger partial charge in [0.2, 0.25) is 0 Å². The Morgan fingerprint density at radius 1 is 1.00 bits per heavy atom. The highest BCUT2D eigenvalue weighted by molar-refractivity contribution is 7.91. The van der Waals surface area contributed by atoms with Crippen LogP contribution in [0.1, 0.15) is 12.8 Å². The van der Waals surface area contributed by atoms with Gasteiger partial charge in [-0.1, -0.05) is 0 Å². The zero-order chi connectivity index (χ0) is 9.92. The van der Waals surface area contributed by atoms with Crippen LogP contribution in [0.3, 0.4) is 0 Å². The number of hydrogen-bond donors (Lipinski definition) is 1. The van der Waals surface area contributed by atoms with E-state index in [4.69, 9.17) is 5.73 Å². The van der Waals surface area contributed by atoms with Crippen molar-refractivity contribution in [3.8, 4) is 0 Å². The topological polar surface area (TPSA) is 60.2 Å². The van der Waals surface area contributed by atoms with Crippen LogP contribution in [0, 0.1) is 29.6 Å². The number of fused-ring (bicyclic) bond motifs is 4. The molecule has 1 heterocycles. The molecule has 0 unspecified atom stereocenters. The third-order valence-corrected chi connectivity index (χ3v) is 6.42. The molecule has 3 rings (SSSR count). The fraction of sp³-hybridized carbons (Fsp3) is 1.00. The quantitative estimate of drug-likeness (QED) is 0.682. The van der Waals surface area contributed by atoms with Gasteiger partial charge >= 0.3 is 0 Å². The zero-order valence-electron chi connectivity index (χ0n) is 8.22. The van der Waals surface area contributed by atoms with Crippen LogP contribution in [-0.4, -0.2) is 26.5 Å². The molecule has 2 aliphatic carbocycles. The van der Waals surface area contributed by atoms with Gasteiger partial charge in [0, 0.05) is 0 Å². The molecular weight excluding hydrogens is 198 g/mol. The molecule has 0 amide bonds. The van der Waals surface area contributed by atoms with Crippen molar-refractivity contribution in [3.63, 3.8) is 0 Å². The Labute approximate surface area is 85.0 Å². The van der Waals surface area contributed by atoms with Crippen molar-refractivity contribution >= 4 is 9.84 Å². The van der Waals surface area contributed by atoms with Gasteiger partial charge in [0.1, 0.15) is 0 Å². The molecule has 0 aromatic rings. The Balaban J connectivity index is 1.78. The van der Waals surface area contributed by atoms with Gasteiger partial charge < -0.3 is 5.73 Å². The molecule has 0 radical (unpaired) electrons. The molecule has 0 aromatic carbocycles. The van der Waals surface area contributed by atoms with Gasteiger partial charge in [-0.3, -0.25) is 0 Å². The van der Waals surface area contributed by atoms with Gasteiger partial charge in [-0.15, -0.1) is 0 Å². The van der Waals surface area contributed by atoms with Gasteiger partial charge in [0.25, 0.3) is 0 Å². The summed E-state index contributed by atoms with van der Waals surface area (Å²) in [7, 11) is -2.68. The van der Waals surface area contributed by atoms with Gasteiger partial charge in [-0.05, 0) is 49.0 Å². The SMILES string of the molecule is NCC1C[C@@H]2[C@@H](C1)[C@@H]1CS(=O)(=O)C[C@@H]21. The monoisotopic (exact) mass is 215 g/mol.